The number of sulfonamides is 1. The lowest BCUT2D eigenvalue weighted by molar-refractivity contribution is 0.0692. The van der Waals surface area contributed by atoms with Crippen LogP contribution in [0.3, 0.4) is 0 Å². The quantitative estimate of drug-likeness (QED) is 0.537. The first-order valence-electron chi connectivity index (χ1n) is 10.1. The Bertz CT molecular complexity index is 950. The molecule has 2 aromatic rings. The number of unbranched alkanes of at least 4 members (excludes halogenated alkanes) is 3. The van der Waals surface area contributed by atoms with Gasteiger partial charge in [-0.25, -0.2) is 17.9 Å². The van der Waals surface area contributed by atoms with Gasteiger partial charge in [0.15, 0.2) is 0 Å². The fourth-order valence-electron chi connectivity index (χ4n) is 3.72. The van der Waals surface area contributed by atoms with E-state index in [0.29, 0.717) is 6.54 Å². The van der Waals surface area contributed by atoms with Gasteiger partial charge in [-0.1, -0.05) is 49.2 Å². The second-order valence-corrected chi connectivity index (χ2v) is 9.14. The Kier molecular flexibility index (Phi) is 9.30. The van der Waals surface area contributed by atoms with Gasteiger partial charge in [0.2, 0.25) is 10.0 Å². The fourth-order valence-corrected chi connectivity index (χ4v) is 4.99. The van der Waals surface area contributed by atoms with Crippen LogP contribution in [0.5, 0.6) is 0 Å². The first kappa shape index (κ1) is 24.3. The summed E-state index contributed by atoms with van der Waals surface area (Å²) in [6, 6.07) is 14.3. The summed E-state index contributed by atoms with van der Waals surface area (Å²) in [7, 11) is -3.81. The largest absolute Gasteiger partial charge is 0.478 e. The zero-order valence-corrected chi connectivity index (χ0v) is 18.6. The minimum absolute atomic E-state index is 0. The second kappa shape index (κ2) is 11.5. The number of carboxylic acid groups (broad SMARTS) is 1. The summed E-state index contributed by atoms with van der Waals surface area (Å²) < 4.78 is 27.3. The highest BCUT2D eigenvalue weighted by Crippen LogP contribution is 2.19. The number of fused-ring (bicyclic) bond motifs is 1. The number of nitrogens with zero attached hydrogens (tertiary/aromatic N) is 1. The van der Waals surface area contributed by atoms with Crippen LogP contribution in [0.4, 0.5) is 0 Å². The molecule has 0 amide bonds. The highest BCUT2D eigenvalue weighted by Gasteiger charge is 2.21. The molecule has 2 N–H and O–H groups in total. The summed E-state index contributed by atoms with van der Waals surface area (Å²) in [5.41, 5.74) is 2.68. The van der Waals surface area contributed by atoms with Gasteiger partial charge in [-0.3, -0.25) is 4.90 Å². The molecule has 0 radical (unpaired) electrons. The molecule has 0 aromatic heterocycles. The average molecular weight is 453 g/mol. The Labute approximate surface area is 184 Å². The molecule has 1 aliphatic heterocycles. The number of aromatic carboxylic acids is 1. The van der Waals surface area contributed by atoms with Gasteiger partial charge in [-0.2, -0.15) is 0 Å². The van der Waals surface area contributed by atoms with Crippen LogP contribution in [0.2, 0.25) is 0 Å². The highest BCUT2D eigenvalue weighted by molar-refractivity contribution is 7.89. The summed E-state index contributed by atoms with van der Waals surface area (Å²) in [6.45, 7) is 3.48. The SMILES string of the molecule is Cl.O=C(O)c1ccccc1S(=O)(=O)NCCCCCCN1CCc2ccccc2C1. The lowest BCUT2D eigenvalue weighted by atomic mass is 10.00. The van der Waals surface area contributed by atoms with Crippen LogP contribution in [-0.2, 0) is 23.0 Å². The molecule has 0 spiro atoms. The maximum absolute atomic E-state index is 12.4. The molecule has 0 unspecified atom stereocenters. The Morgan fingerprint density at radius 3 is 2.40 bits per heavy atom. The molecular weight excluding hydrogens is 424 g/mol. The summed E-state index contributed by atoms with van der Waals surface area (Å²) in [4.78, 5) is 13.5. The van der Waals surface area contributed by atoms with E-state index >= 15 is 0 Å². The van der Waals surface area contributed by atoms with E-state index in [-0.39, 0.29) is 22.9 Å². The molecule has 164 valence electrons. The van der Waals surface area contributed by atoms with Crippen LogP contribution < -0.4 is 4.72 Å². The number of rotatable bonds is 10. The Morgan fingerprint density at radius 2 is 1.63 bits per heavy atom. The van der Waals surface area contributed by atoms with Gasteiger partial charge in [0.05, 0.1) is 10.5 Å². The third-order valence-corrected chi connectivity index (χ3v) is 6.83. The number of carbonyl (C=O) groups is 1. The smallest absolute Gasteiger partial charge is 0.337 e. The van der Waals surface area contributed by atoms with E-state index < -0.39 is 16.0 Å². The Hall–Kier alpha value is -1.93. The average Bonchev–Trinajstić information content (AvgIpc) is 2.73. The molecule has 3 rings (SSSR count). The number of hydrogen-bond acceptors (Lipinski definition) is 4. The first-order chi connectivity index (χ1) is 14.0. The van der Waals surface area contributed by atoms with E-state index in [1.54, 1.807) is 0 Å². The van der Waals surface area contributed by atoms with E-state index in [1.165, 1.54) is 35.4 Å². The molecule has 2 aromatic carbocycles. The minimum Gasteiger partial charge on any atom is -0.478 e. The highest BCUT2D eigenvalue weighted by atomic mass is 35.5. The van der Waals surface area contributed by atoms with Gasteiger partial charge < -0.3 is 5.11 Å². The molecule has 0 bridgehead atoms. The van der Waals surface area contributed by atoms with E-state index in [9.17, 15) is 13.2 Å². The van der Waals surface area contributed by atoms with Gasteiger partial charge >= 0.3 is 5.97 Å². The Morgan fingerprint density at radius 1 is 0.967 bits per heavy atom. The van der Waals surface area contributed by atoms with Crippen molar-refractivity contribution < 1.29 is 18.3 Å². The van der Waals surface area contributed by atoms with Crippen LogP contribution in [0.25, 0.3) is 0 Å². The number of benzene rings is 2. The summed E-state index contributed by atoms with van der Waals surface area (Å²) >= 11 is 0. The predicted octanol–water partition coefficient (Wildman–Crippen LogP) is 3.70. The van der Waals surface area contributed by atoms with Gasteiger partial charge in [0.25, 0.3) is 0 Å². The molecule has 0 atom stereocenters. The maximum Gasteiger partial charge on any atom is 0.337 e. The van der Waals surface area contributed by atoms with Crippen LogP contribution >= 0.6 is 12.4 Å². The third-order valence-electron chi connectivity index (χ3n) is 5.31. The number of nitrogens with one attached hydrogen (secondary N) is 1. The van der Waals surface area contributed by atoms with E-state index in [2.05, 4.69) is 33.9 Å². The van der Waals surface area contributed by atoms with Gasteiger partial charge in [0, 0.05) is 19.6 Å². The van der Waals surface area contributed by atoms with Gasteiger partial charge in [-0.05, 0) is 49.1 Å². The molecular formula is C22H29ClN2O4S. The van der Waals surface area contributed by atoms with Crippen LogP contribution in [-0.4, -0.2) is 44.0 Å². The van der Waals surface area contributed by atoms with Gasteiger partial charge in [-0.15, -0.1) is 12.4 Å². The van der Waals surface area contributed by atoms with Crippen molar-refractivity contribution in [1.29, 1.82) is 0 Å². The van der Waals surface area contributed by atoms with Crippen molar-refractivity contribution in [2.45, 2.75) is 43.5 Å². The Balaban J connectivity index is 0.00000320. The van der Waals surface area contributed by atoms with Crippen molar-refractivity contribution in [3.8, 4) is 0 Å². The standard InChI is InChI=1S/C22H28N2O4S.ClH/c25-22(26)20-11-5-6-12-21(20)29(27,28)23-14-7-1-2-8-15-24-16-13-18-9-3-4-10-19(18)17-24;/h3-6,9-12,23H,1-2,7-8,13-17H2,(H,25,26);1H. The molecule has 6 nitrogen and oxygen atoms in total. The van der Waals surface area contributed by atoms with Crippen molar-refractivity contribution in [3.63, 3.8) is 0 Å². The predicted molar refractivity (Wildman–Crippen MR) is 120 cm³/mol. The van der Waals surface area contributed by atoms with Crippen LogP contribution in [0.1, 0.15) is 47.2 Å². The summed E-state index contributed by atoms with van der Waals surface area (Å²) in [5.74, 6) is -1.24. The second-order valence-electron chi connectivity index (χ2n) is 7.41. The number of halogens is 1. The monoisotopic (exact) mass is 452 g/mol. The van der Waals surface area contributed by atoms with Crippen LogP contribution in [0.15, 0.2) is 53.4 Å². The molecule has 8 heteroatoms. The lowest BCUT2D eigenvalue weighted by Crippen LogP contribution is -2.31. The van der Waals surface area contributed by atoms with Crippen molar-refractivity contribution in [3.05, 3.63) is 65.2 Å². The summed E-state index contributed by atoms with van der Waals surface area (Å²) in [5, 5.41) is 9.16. The molecule has 1 aliphatic rings. The van der Waals surface area contributed by atoms with Gasteiger partial charge in [0.1, 0.15) is 0 Å². The maximum atomic E-state index is 12.4. The number of hydrogen-bond donors (Lipinski definition) is 2. The third kappa shape index (κ3) is 6.54. The van der Waals surface area contributed by atoms with Crippen LogP contribution in [0, 0.1) is 0 Å². The number of carboxylic acids is 1. The first-order valence-corrected chi connectivity index (χ1v) is 11.6. The van der Waals surface area contributed by atoms with Crippen molar-refractivity contribution >= 4 is 28.4 Å². The normalized spacial score (nSPS) is 14.0. The molecule has 0 aliphatic carbocycles. The lowest BCUT2D eigenvalue weighted by Gasteiger charge is -2.28. The molecule has 30 heavy (non-hydrogen) atoms. The molecule has 1 heterocycles. The van der Waals surface area contributed by atoms with Crippen molar-refractivity contribution in [1.82, 2.24) is 9.62 Å². The summed E-state index contributed by atoms with van der Waals surface area (Å²) in [6.07, 6.45) is 4.92. The molecule has 0 saturated carbocycles. The fraction of sp³-hybridized carbons (Fsp3) is 0.409. The minimum atomic E-state index is -3.81. The zero-order valence-electron chi connectivity index (χ0n) is 16.9. The van der Waals surface area contributed by atoms with Crippen molar-refractivity contribution in [2.75, 3.05) is 19.6 Å². The van der Waals surface area contributed by atoms with E-state index in [0.717, 1.165) is 51.7 Å². The molecule has 0 fully saturated rings. The topological polar surface area (TPSA) is 86.7 Å². The van der Waals surface area contributed by atoms with E-state index in [1.807, 2.05) is 0 Å². The molecule has 0 saturated heterocycles. The zero-order chi connectivity index (χ0) is 20.7. The van der Waals surface area contributed by atoms with E-state index in [4.69, 9.17) is 5.11 Å². The van der Waals surface area contributed by atoms with Crippen molar-refractivity contribution in [2.24, 2.45) is 0 Å².